The van der Waals surface area contributed by atoms with Crippen LogP contribution in [0.25, 0.3) is 10.3 Å². The first-order valence-corrected chi connectivity index (χ1v) is 7.54. The zero-order valence-corrected chi connectivity index (χ0v) is 11.2. The van der Waals surface area contributed by atoms with E-state index in [0.29, 0.717) is 17.7 Å². The number of hydrogen-bond acceptors (Lipinski definition) is 5. The van der Waals surface area contributed by atoms with E-state index in [1.807, 2.05) is 18.2 Å². The first-order chi connectivity index (χ1) is 9.26. The van der Waals surface area contributed by atoms with Gasteiger partial charge in [-0.3, -0.25) is 0 Å². The number of benzene rings is 1. The molecule has 3 heterocycles. The molecule has 5 heteroatoms. The number of hydrogen-bond donors (Lipinski definition) is 1. The average Bonchev–Trinajstić information content (AvgIpc) is 2.91. The van der Waals surface area contributed by atoms with E-state index in [1.165, 1.54) is 12.8 Å². The van der Waals surface area contributed by atoms with Gasteiger partial charge in [0.25, 0.3) is 0 Å². The van der Waals surface area contributed by atoms with E-state index in [2.05, 4.69) is 5.32 Å². The summed E-state index contributed by atoms with van der Waals surface area (Å²) < 4.78 is 12.1. The Morgan fingerprint density at radius 3 is 2.84 bits per heavy atom. The van der Waals surface area contributed by atoms with Crippen LogP contribution in [0.4, 0.5) is 0 Å². The molecular formula is C14H15NO3S. The largest absolute Gasteiger partial charge is 0.490 e. The minimum absolute atomic E-state index is 0.257. The Labute approximate surface area is 114 Å². The number of piperidine rings is 1. The lowest BCUT2D eigenvalue weighted by molar-refractivity contribution is 0.137. The minimum Gasteiger partial charge on any atom is -0.490 e. The molecule has 19 heavy (non-hydrogen) atoms. The van der Waals surface area contributed by atoms with Crippen molar-refractivity contribution in [3.63, 3.8) is 0 Å². The Hall–Kier alpha value is -1.33. The van der Waals surface area contributed by atoms with Crippen molar-refractivity contribution >= 4 is 21.6 Å². The predicted molar refractivity (Wildman–Crippen MR) is 74.0 cm³/mol. The van der Waals surface area contributed by atoms with Gasteiger partial charge in [-0.1, -0.05) is 11.3 Å². The Morgan fingerprint density at radius 1 is 1.26 bits per heavy atom. The summed E-state index contributed by atoms with van der Waals surface area (Å²) in [5.41, 5.74) is 0.629. The van der Waals surface area contributed by atoms with Crippen molar-refractivity contribution in [3.8, 4) is 5.75 Å². The van der Waals surface area contributed by atoms with Crippen LogP contribution in [0.2, 0.25) is 0 Å². The zero-order valence-electron chi connectivity index (χ0n) is 10.4. The molecule has 0 saturated carbocycles. The molecule has 0 spiro atoms. The lowest BCUT2D eigenvalue weighted by Gasteiger charge is -2.29. The van der Waals surface area contributed by atoms with Crippen molar-refractivity contribution in [2.24, 2.45) is 0 Å². The monoisotopic (exact) mass is 277 g/mol. The summed E-state index contributed by atoms with van der Waals surface area (Å²) >= 11 is 1.13. The molecule has 2 fully saturated rings. The molecule has 2 aliphatic heterocycles. The quantitative estimate of drug-likeness (QED) is 0.916. The normalized spacial score (nSPS) is 29.8. The molecule has 2 bridgehead atoms. The van der Waals surface area contributed by atoms with E-state index >= 15 is 0 Å². The molecular weight excluding hydrogens is 262 g/mol. The van der Waals surface area contributed by atoms with E-state index in [1.54, 1.807) is 0 Å². The van der Waals surface area contributed by atoms with Gasteiger partial charge in [0.05, 0.1) is 4.70 Å². The highest BCUT2D eigenvalue weighted by molar-refractivity contribution is 7.16. The van der Waals surface area contributed by atoms with Crippen molar-refractivity contribution in [1.29, 1.82) is 0 Å². The van der Waals surface area contributed by atoms with Gasteiger partial charge in [-0.2, -0.15) is 0 Å². The van der Waals surface area contributed by atoms with Crippen molar-refractivity contribution in [2.75, 3.05) is 0 Å². The summed E-state index contributed by atoms with van der Waals surface area (Å²) in [6.07, 6.45) is 4.96. The molecule has 0 radical (unpaired) electrons. The summed E-state index contributed by atoms with van der Waals surface area (Å²) in [6.45, 7) is 0. The Bertz CT molecular complexity index is 650. The smallest absolute Gasteiger partial charge is 0.396 e. The fourth-order valence-corrected chi connectivity index (χ4v) is 3.87. The third-order valence-corrected chi connectivity index (χ3v) is 4.84. The van der Waals surface area contributed by atoms with Crippen LogP contribution in [-0.2, 0) is 0 Å². The maximum atomic E-state index is 11.2. The van der Waals surface area contributed by atoms with Crippen LogP contribution in [0.3, 0.4) is 0 Å². The van der Waals surface area contributed by atoms with Gasteiger partial charge in [0, 0.05) is 18.2 Å². The third-order valence-electron chi connectivity index (χ3n) is 4.03. The molecule has 0 unspecified atom stereocenters. The first-order valence-electron chi connectivity index (χ1n) is 6.73. The van der Waals surface area contributed by atoms with Crippen molar-refractivity contribution < 1.29 is 9.15 Å². The number of ether oxygens (including phenoxy) is 1. The Kier molecular flexibility index (Phi) is 2.63. The summed E-state index contributed by atoms with van der Waals surface area (Å²) in [5.74, 6) is 0.806. The summed E-state index contributed by atoms with van der Waals surface area (Å²) in [7, 11) is 0. The van der Waals surface area contributed by atoms with E-state index in [0.717, 1.165) is 34.6 Å². The highest BCUT2D eigenvalue weighted by Crippen LogP contribution is 2.30. The summed E-state index contributed by atoms with van der Waals surface area (Å²) in [5, 5.41) is 3.60. The van der Waals surface area contributed by atoms with Gasteiger partial charge >= 0.3 is 4.94 Å². The van der Waals surface area contributed by atoms with Crippen LogP contribution < -0.4 is 15.0 Å². The van der Waals surface area contributed by atoms with Gasteiger partial charge in [-0.15, -0.1) is 0 Å². The number of nitrogens with one attached hydrogen (secondary N) is 1. The maximum absolute atomic E-state index is 11.2. The molecule has 2 aromatic rings. The van der Waals surface area contributed by atoms with Crippen LogP contribution in [0, 0.1) is 0 Å². The molecule has 2 saturated heterocycles. The summed E-state index contributed by atoms with van der Waals surface area (Å²) in [6, 6.07) is 6.89. The van der Waals surface area contributed by atoms with Crippen molar-refractivity contribution in [2.45, 2.75) is 43.9 Å². The van der Waals surface area contributed by atoms with E-state index < -0.39 is 0 Å². The maximum Gasteiger partial charge on any atom is 0.396 e. The van der Waals surface area contributed by atoms with Gasteiger partial charge in [0.2, 0.25) is 0 Å². The standard InChI is InChI=1S/C14H15NO3S/c16-14-18-12-7-10(3-4-13(12)19-14)17-11-5-8-1-2-9(6-11)15-8/h3-4,7-9,11,15H,1-2,5-6H2/t8-,9-/m1/s1. The molecule has 100 valence electrons. The predicted octanol–water partition coefficient (Wildman–Crippen LogP) is 2.52. The molecule has 0 amide bonds. The fraction of sp³-hybridized carbons (Fsp3) is 0.500. The van der Waals surface area contributed by atoms with Gasteiger partial charge in [-0.25, -0.2) is 4.79 Å². The van der Waals surface area contributed by atoms with E-state index in [9.17, 15) is 4.79 Å². The molecule has 4 rings (SSSR count). The summed E-state index contributed by atoms with van der Waals surface area (Å²) in [4.78, 5) is 10.9. The zero-order chi connectivity index (χ0) is 12.8. The second-order valence-electron chi connectivity index (χ2n) is 5.41. The molecule has 0 aliphatic carbocycles. The van der Waals surface area contributed by atoms with Crippen LogP contribution in [-0.4, -0.2) is 18.2 Å². The molecule has 2 atom stereocenters. The second-order valence-corrected chi connectivity index (χ2v) is 6.39. The second kappa shape index (κ2) is 4.35. The topological polar surface area (TPSA) is 51.5 Å². The van der Waals surface area contributed by atoms with Gasteiger partial charge < -0.3 is 14.5 Å². The van der Waals surface area contributed by atoms with Crippen molar-refractivity contribution in [1.82, 2.24) is 5.32 Å². The third kappa shape index (κ3) is 2.17. The highest BCUT2D eigenvalue weighted by atomic mass is 32.1. The fourth-order valence-electron chi connectivity index (χ4n) is 3.22. The SMILES string of the molecule is O=c1oc2cc(OC3C[C@H]4CC[C@H](C3)N4)ccc2s1. The molecule has 1 aromatic carbocycles. The minimum atomic E-state index is -0.257. The molecule has 4 nitrogen and oxygen atoms in total. The number of rotatable bonds is 2. The molecule has 1 N–H and O–H groups in total. The first kappa shape index (κ1) is 11.5. The van der Waals surface area contributed by atoms with Crippen molar-refractivity contribution in [3.05, 3.63) is 27.9 Å². The van der Waals surface area contributed by atoms with E-state index in [-0.39, 0.29) is 11.0 Å². The van der Waals surface area contributed by atoms with Gasteiger partial charge in [0.15, 0.2) is 5.58 Å². The lowest BCUT2D eigenvalue weighted by atomic mass is 10.0. The van der Waals surface area contributed by atoms with Crippen LogP contribution in [0.15, 0.2) is 27.4 Å². The molecule has 1 aromatic heterocycles. The number of fused-ring (bicyclic) bond motifs is 3. The average molecular weight is 277 g/mol. The Morgan fingerprint density at radius 2 is 2.05 bits per heavy atom. The van der Waals surface area contributed by atoms with E-state index in [4.69, 9.17) is 9.15 Å². The van der Waals surface area contributed by atoms with Crippen LogP contribution in [0.5, 0.6) is 5.75 Å². The highest BCUT2D eigenvalue weighted by Gasteiger charge is 2.34. The van der Waals surface area contributed by atoms with Crippen LogP contribution >= 0.6 is 11.3 Å². The lowest BCUT2D eigenvalue weighted by Crippen LogP contribution is -2.42. The van der Waals surface area contributed by atoms with Gasteiger partial charge in [0.1, 0.15) is 11.9 Å². The Balaban J connectivity index is 1.56. The van der Waals surface area contributed by atoms with Gasteiger partial charge in [-0.05, 0) is 37.8 Å². The van der Waals surface area contributed by atoms with Crippen LogP contribution in [0.1, 0.15) is 25.7 Å². The molecule has 2 aliphatic rings.